The lowest BCUT2D eigenvalue weighted by Crippen LogP contribution is -2.05. The van der Waals surface area contributed by atoms with Crippen molar-refractivity contribution in [1.29, 1.82) is 5.26 Å². The molecule has 0 N–H and O–H groups in total. The first-order chi connectivity index (χ1) is 5.69. The standard InChI is InChI=1S/C9H13N3/c1-4-9-11-7(2)6-12(9)8(3)5-10/h6,8H,4H2,1-3H3/t8-/m1/s1. The van der Waals surface area contributed by atoms with Crippen molar-refractivity contribution in [2.24, 2.45) is 0 Å². The third-order valence-electron chi connectivity index (χ3n) is 1.85. The summed E-state index contributed by atoms with van der Waals surface area (Å²) >= 11 is 0. The fraction of sp³-hybridized carbons (Fsp3) is 0.556. The van der Waals surface area contributed by atoms with Crippen molar-refractivity contribution in [3.8, 4) is 6.07 Å². The van der Waals surface area contributed by atoms with E-state index in [1.54, 1.807) is 0 Å². The molecular formula is C9H13N3. The number of hydrogen-bond donors (Lipinski definition) is 0. The van der Waals surface area contributed by atoms with E-state index in [9.17, 15) is 0 Å². The third kappa shape index (κ3) is 1.48. The number of imidazole rings is 1. The van der Waals surface area contributed by atoms with Crippen molar-refractivity contribution in [3.05, 3.63) is 17.7 Å². The summed E-state index contributed by atoms with van der Waals surface area (Å²) in [5, 5.41) is 8.72. The SMILES string of the molecule is CCc1nc(C)cn1[C@H](C)C#N. The normalized spacial score (nSPS) is 12.5. The maximum Gasteiger partial charge on any atom is 0.119 e. The Morgan fingerprint density at radius 3 is 2.92 bits per heavy atom. The quantitative estimate of drug-likeness (QED) is 0.667. The van der Waals surface area contributed by atoms with Gasteiger partial charge in [0.2, 0.25) is 0 Å². The molecule has 1 atom stereocenters. The van der Waals surface area contributed by atoms with Gasteiger partial charge in [-0.15, -0.1) is 0 Å². The van der Waals surface area contributed by atoms with Gasteiger partial charge in [-0.25, -0.2) is 4.98 Å². The van der Waals surface area contributed by atoms with Gasteiger partial charge in [-0.2, -0.15) is 5.26 Å². The highest BCUT2D eigenvalue weighted by atomic mass is 15.1. The zero-order valence-electron chi connectivity index (χ0n) is 7.70. The van der Waals surface area contributed by atoms with E-state index in [1.807, 2.05) is 31.5 Å². The fourth-order valence-corrected chi connectivity index (χ4v) is 1.23. The van der Waals surface area contributed by atoms with E-state index in [2.05, 4.69) is 11.1 Å². The van der Waals surface area contributed by atoms with Crippen LogP contribution in [0, 0.1) is 18.3 Å². The smallest absolute Gasteiger partial charge is 0.119 e. The van der Waals surface area contributed by atoms with Crippen LogP contribution in [0.4, 0.5) is 0 Å². The van der Waals surface area contributed by atoms with Gasteiger partial charge in [0.05, 0.1) is 11.8 Å². The number of aryl methyl sites for hydroxylation is 2. The van der Waals surface area contributed by atoms with Gasteiger partial charge < -0.3 is 4.57 Å². The highest BCUT2D eigenvalue weighted by molar-refractivity contribution is 5.06. The van der Waals surface area contributed by atoms with E-state index in [-0.39, 0.29) is 6.04 Å². The molecule has 0 unspecified atom stereocenters. The molecule has 1 rings (SSSR count). The number of hydrogen-bond acceptors (Lipinski definition) is 2. The number of nitrogens with zero attached hydrogens (tertiary/aromatic N) is 3. The van der Waals surface area contributed by atoms with Crippen LogP contribution in [-0.2, 0) is 6.42 Å². The van der Waals surface area contributed by atoms with Crippen LogP contribution < -0.4 is 0 Å². The maximum absolute atomic E-state index is 8.72. The van der Waals surface area contributed by atoms with E-state index < -0.39 is 0 Å². The van der Waals surface area contributed by atoms with Gasteiger partial charge in [-0.1, -0.05) is 6.92 Å². The lowest BCUT2D eigenvalue weighted by Gasteiger charge is -2.06. The molecular weight excluding hydrogens is 150 g/mol. The molecule has 3 nitrogen and oxygen atoms in total. The Morgan fingerprint density at radius 1 is 1.75 bits per heavy atom. The first kappa shape index (κ1) is 8.79. The summed E-state index contributed by atoms with van der Waals surface area (Å²) in [7, 11) is 0. The van der Waals surface area contributed by atoms with E-state index >= 15 is 0 Å². The molecule has 12 heavy (non-hydrogen) atoms. The molecule has 0 bridgehead atoms. The third-order valence-corrected chi connectivity index (χ3v) is 1.85. The van der Waals surface area contributed by atoms with Crippen LogP contribution in [0.5, 0.6) is 0 Å². The second-order valence-corrected chi connectivity index (χ2v) is 2.86. The summed E-state index contributed by atoms with van der Waals surface area (Å²) in [5.74, 6) is 0.988. The Morgan fingerprint density at radius 2 is 2.42 bits per heavy atom. The summed E-state index contributed by atoms with van der Waals surface area (Å²) < 4.78 is 1.93. The largest absolute Gasteiger partial charge is 0.318 e. The van der Waals surface area contributed by atoms with Gasteiger partial charge in [-0.05, 0) is 13.8 Å². The molecule has 1 aromatic rings. The molecule has 0 aliphatic heterocycles. The van der Waals surface area contributed by atoms with Crippen molar-refractivity contribution in [2.75, 3.05) is 0 Å². The fourth-order valence-electron chi connectivity index (χ4n) is 1.23. The Bertz CT molecular complexity index is 306. The van der Waals surface area contributed by atoms with Crippen molar-refractivity contribution in [3.63, 3.8) is 0 Å². The van der Waals surface area contributed by atoms with Crippen molar-refractivity contribution >= 4 is 0 Å². The molecule has 1 aromatic heterocycles. The van der Waals surface area contributed by atoms with Gasteiger partial charge >= 0.3 is 0 Å². The van der Waals surface area contributed by atoms with Crippen molar-refractivity contribution in [1.82, 2.24) is 9.55 Å². The summed E-state index contributed by atoms with van der Waals surface area (Å²) in [4.78, 5) is 4.31. The minimum absolute atomic E-state index is 0.110. The highest BCUT2D eigenvalue weighted by Gasteiger charge is 2.08. The lowest BCUT2D eigenvalue weighted by atomic mass is 10.3. The number of nitriles is 1. The number of aromatic nitrogens is 2. The van der Waals surface area contributed by atoms with Crippen LogP contribution in [0.15, 0.2) is 6.20 Å². The first-order valence-electron chi connectivity index (χ1n) is 4.13. The molecule has 0 radical (unpaired) electrons. The highest BCUT2D eigenvalue weighted by Crippen LogP contribution is 2.10. The Labute approximate surface area is 72.7 Å². The van der Waals surface area contributed by atoms with Gasteiger partial charge in [-0.3, -0.25) is 0 Å². The molecule has 0 saturated carbocycles. The van der Waals surface area contributed by atoms with Crippen LogP contribution >= 0.6 is 0 Å². The molecule has 3 heteroatoms. The van der Waals surface area contributed by atoms with Gasteiger partial charge in [0.25, 0.3) is 0 Å². The van der Waals surface area contributed by atoms with Gasteiger partial charge in [0.15, 0.2) is 0 Å². The zero-order chi connectivity index (χ0) is 9.14. The topological polar surface area (TPSA) is 41.6 Å². The minimum Gasteiger partial charge on any atom is -0.318 e. The van der Waals surface area contributed by atoms with Gasteiger partial charge in [0.1, 0.15) is 11.9 Å². The Hall–Kier alpha value is -1.30. The minimum atomic E-state index is -0.110. The predicted molar refractivity (Wildman–Crippen MR) is 46.7 cm³/mol. The lowest BCUT2D eigenvalue weighted by molar-refractivity contribution is 0.634. The van der Waals surface area contributed by atoms with E-state index in [0.29, 0.717) is 0 Å². The molecule has 0 aromatic carbocycles. The second-order valence-electron chi connectivity index (χ2n) is 2.86. The van der Waals surface area contributed by atoms with E-state index in [0.717, 1.165) is 17.9 Å². The monoisotopic (exact) mass is 163 g/mol. The van der Waals surface area contributed by atoms with Crippen LogP contribution in [0.2, 0.25) is 0 Å². The Kier molecular flexibility index (Phi) is 2.49. The second kappa shape index (κ2) is 3.40. The Balaban J connectivity index is 3.06. The van der Waals surface area contributed by atoms with E-state index in [4.69, 9.17) is 5.26 Å². The maximum atomic E-state index is 8.72. The predicted octanol–water partition coefficient (Wildman–Crippen LogP) is 1.84. The zero-order valence-corrected chi connectivity index (χ0v) is 7.70. The van der Waals surface area contributed by atoms with E-state index in [1.165, 1.54) is 0 Å². The molecule has 0 spiro atoms. The van der Waals surface area contributed by atoms with Crippen LogP contribution in [0.3, 0.4) is 0 Å². The molecule has 0 amide bonds. The molecule has 0 aliphatic carbocycles. The molecule has 0 aliphatic rings. The summed E-state index contributed by atoms with van der Waals surface area (Å²) in [6.45, 7) is 5.86. The average molecular weight is 163 g/mol. The molecule has 64 valence electrons. The number of rotatable bonds is 2. The average Bonchev–Trinajstić information content (AvgIpc) is 2.45. The summed E-state index contributed by atoms with van der Waals surface area (Å²) in [6, 6.07) is 2.08. The summed E-state index contributed by atoms with van der Waals surface area (Å²) in [6.07, 6.45) is 2.80. The van der Waals surface area contributed by atoms with Crippen LogP contribution in [0.1, 0.15) is 31.4 Å². The van der Waals surface area contributed by atoms with Crippen molar-refractivity contribution < 1.29 is 0 Å². The summed E-state index contributed by atoms with van der Waals surface area (Å²) in [5.41, 5.74) is 0.981. The molecule has 0 fully saturated rings. The van der Waals surface area contributed by atoms with Crippen LogP contribution in [-0.4, -0.2) is 9.55 Å². The van der Waals surface area contributed by atoms with Gasteiger partial charge in [0, 0.05) is 12.6 Å². The van der Waals surface area contributed by atoms with Crippen molar-refractivity contribution in [2.45, 2.75) is 33.2 Å². The first-order valence-corrected chi connectivity index (χ1v) is 4.13. The van der Waals surface area contributed by atoms with Crippen LogP contribution in [0.25, 0.3) is 0 Å². The molecule has 1 heterocycles. The molecule has 0 saturated heterocycles.